The Morgan fingerprint density at radius 1 is 0.941 bits per heavy atom. The molecule has 0 N–H and O–H groups in total. The summed E-state index contributed by atoms with van der Waals surface area (Å²) in [6, 6.07) is 0. The number of nitrogens with zero attached hydrogens (tertiary/aromatic N) is 1. The first-order chi connectivity index (χ1) is 7.86. The van der Waals surface area contributed by atoms with Crippen molar-refractivity contribution in [1.29, 1.82) is 0 Å². The van der Waals surface area contributed by atoms with Gasteiger partial charge in [0, 0.05) is 0 Å². The van der Waals surface area contributed by atoms with E-state index in [1.807, 2.05) is 0 Å². The van der Waals surface area contributed by atoms with Gasteiger partial charge in [0.25, 0.3) is 5.69 Å². The first kappa shape index (κ1) is 12.7. The van der Waals surface area contributed by atoms with Crippen molar-refractivity contribution in [1.82, 2.24) is 0 Å². The summed E-state index contributed by atoms with van der Waals surface area (Å²) in [5, 5.41) is 10.9. The largest absolute Gasteiger partial charge is 0.386 e. The molecule has 1 heterocycles. The number of hydrogen-bond donors (Lipinski definition) is 0. The Morgan fingerprint density at radius 2 is 1.41 bits per heavy atom. The number of carbonyl (C=O) groups excluding carboxylic acids is 2. The zero-order valence-electron chi connectivity index (χ0n) is 7.62. The predicted molar refractivity (Wildman–Crippen MR) is 65.9 cm³/mol. The Hall–Kier alpha value is -0.800. The highest BCUT2D eigenvalue weighted by atomic mass is 79.9. The third kappa shape index (κ3) is 1.72. The van der Waals surface area contributed by atoms with Gasteiger partial charge in [0.2, 0.25) is 0 Å². The standard InChI is InChI=1S/C8Br3NO5/c9-3-1-2(8(14)17-7(1)13)4(10)6(5(3)11)12(15)16. The van der Waals surface area contributed by atoms with Gasteiger partial charge < -0.3 is 4.74 Å². The van der Waals surface area contributed by atoms with Crippen LogP contribution in [0.1, 0.15) is 20.7 Å². The molecule has 9 heteroatoms. The van der Waals surface area contributed by atoms with E-state index in [2.05, 4.69) is 52.5 Å². The van der Waals surface area contributed by atoms with Crippen molar-refractivity contribution in [3.05, 3.63) is 34.7 Å². The fourth-order valence-electron chi connectivity index (χ4n) is 1.38. The van der Waals surface area contributed by atoms with Crippen LogP contribution in [-0.4, -0.2) is 16.9 Å². The average molecular weight is 430 g/mol. The lowest BCUT2D eigenvalue weighted by molar-refractivity contribution is -0.386. The number of benzene rings is 1. The molecule has 1 aromatic carbocycles. The number of cyclic esters (lactones) is 2. The second-order valence-electron chi connectivity index (χ2n) is 2.97. The van der Waals surface area contributed by atoms with Crippen molar-refractivity contribution < 1.29 is 19.2 Å². The quantitative estimate of drug-likeness (QED) is 0.225. The molecular weight excluding hydrogens is 430 g/mol. The smallest absolute Gasteiger partial charge is 0.348 e. The molecule has 0 bridgehead atoms. The predicted octanol–water partition coefficient (Wildman–Crippen LogP) is 3.19. The molecule has 1 aliphatic rings. The minimum absolute atomic E-state index is 0.0284. The van der Waals surface area contributed by atoms with Crippen LogP contribution in [0.3, 0.4) is 0 Å². The molecule has 0 unspecified atom stereocenters. The van der Waals surface area contributed by atoms with E-state index in [1.54, 1.807) is 0 Å². The third-order valence-corrected chi connectivity index (χ3v) is 4.94. The number of nitro benzene ring substituents is 1. The highest BCUT2D eigenvalue weighted by molar-refractivity contribution is 9.13. The summed E-state index contributed by atoms with van der Waals surface area (Å²) in [6.45, 7) is 0. The number of fused-ring (bicyclic) bond motifs is 1. The highest BCUT2D eigenvalue weighted by Gasteiger charge is 2.40. The van der Waals surface area contributed by atoms with Gasteiger partial charge in [-0.1, -0.05) is 0 Å². The van der Waals surface area contributed by atoms with E-state index in [4.69, 9.17) is 0 Å². The first-order valence-electron chi connectivity index (χ1n) is 3.97. The Bertz CT molecular complexity index is 598. The van der Waals surface area contributed by atoms with Gasteiger partial charge in [-0.15, -0.1) is 0 Å². The van der Waals surface area contributed by atoms with E-state index in [9.17, 15) is 19.7 Å². The Labute approximate surface area is 119 Å². The normalized spacial score (nSPS) is 13.6. The minimum Gasteiger partial charge on any atom is -0.386 e. The van der Waals surface area contributed by atoms with E-state index in [0.717, 1.165) is 0 Å². The van der Waals surface area contributed by atoms with Gasteiger partial charge in [-0.3, -0.25) is 10.1 Å². The molecule has 0 spiro atoms. The summed E-state index contributed by atoms with van der Waals surface area (Å²) in [5.74, 6) is -1.75. The van der Waals surface area contributed by atoms with E-state index >= 15 is 0 Å². The van der Waals surface area contributed by atoms with Crippen LogP contribution in [0.4, 0.5) is 5.69 Å². The maximum absolute atomic E-state index is 11.4. The second-order valence-corrected chi connectivity index (χ2v) is 5.35. The average Bonchev–Trinajstić information content (AvgIpc) is 2.50. The second kappa shape index (κ2) is 4.14. The molecule has 0 fully saturated rings. The van der Waals surface area contributed by atoms with Crippen molar-refractivity contribution in [2.75, 3.05) is 0 Å². The van der Waals surface area contributed by atoms with Gasteiger partial charge in [-0.2, -0.15) is 0 Å². The molecule has 17 heavy (non-hydrogen) atoms. The van der Waals surface area contributed by atoms with Crippen LogP contribution in [0.5, 0.6) is 0 Å². The molecule has 1 aliphatic heterocycles. The molecule has 0 aromatic heterocycles. The van der Waals surface area contributed by atoms with Crippen LogP contribution >= 0.6 is 47.8 Å². The van der Waals surface area contributed by atoms with Gasteiger partial charge in [0.05, 0.1) is 20.5 Å². The lowest BCUT2D eigenvalue weighted by Gasteiger charge is -2.04. The maximum Gasteiger partial charge on any atom is 0.348 e. The minimum atomic E-state index is -0.909. The number of carbonyl (C=O) groups is 2. The van der Waals surface area contributed by atoms with Crippen molar-refractivity contribution in [3.63, 3.8) is 0 Å². The van der Waals surface area contributed by atoms with Crippen molar-refractivity contribution in [2.24, 2.45) is 0 Å². The maximum atomic E-state index is 11.4. The zero-order chi connectivity index (χ0) is 12.9. The zero-order valence-corrected chi connectivity index (χ0v) is 12.4. The lowest BCUT2D eigenvalue weighted by atomic mass is 10.1. The van der Waals surface area contributed by atoms with E-state index in [0.29, 0.717) is 0 Å². The fourth-order valence-corrected chi connectivity index (χ4v) is 3.44. The Balaban J connectivity index is 2.94. The van der Waals surface area contributed by atoms with Gasteiger partial charge in [0.1, 0.15) is 8.95 Å². The molecule has 0 amide bonds. The molecule has 0 saturated heterocycles. The summed E-state index contributed by atoms with van der Waals surface area (Å²) in [7, 11) is 0. The van der Waals surface area contributed by atoms with Crippen LogP contribution < -0.4 is 0 Å². The number of halogens is 3. The van der Waals surface area contributed by atoms with Crippen LogP contribution in [0, 0.1) is 10.1 Å². The van der Waals surface area contributed by atoms with E-state index < -0.39 is 16.9 Å². The van der Waals surface area contributed by atoms with Crippen LogP contribution in [0.25, 0.3) is 0 Å². The number of rotatable bonds is 1. The molecule has 2 rings (SSSR count). The molecule has 1 aromatic rings. The van der Waals surface area contributed by atoms with Gasteiger partial charge in [-0.25, -0.2) is 9.59 Å². The Kier molecular flexibility index (Phi) is 3.08. The summed E-state index contributed by atoms with van der Waals surface area (Å²) in [4.78, 5) is 33.0. The van der Waals surface area contributed by atoms with Crippen molar-refractivity contribution in [3.8, 4) is 0 Å². The molecule has 0 atom stereocenters. The summed E-state index contributed by atoms with van der Waals surface area (Å²) < 4.78 is 4.51. The van der Waals surface area contributed by atoms with E-state index in [-0.39, 0.29) is 30.2 Å². The lowest BCUT2D eigenvalue weighted by Crippen LogP contribution is -2.01. The number of nitro groups is 1. The summed E-state index contributed by atoms with van der Waals surface area (Å²) in [6.07, 6.45) is 0. The molecule has 6 nitrogen and oxygen atoms in total. The van der Waals surface area contributed by atoms with Crippen LogP contribution in [0.15, 0.2) is 13.4 Å². The SMILES string of the molecule is O=C1OC(=O)c2c(Br)c([N+](=O)[O-])c(Br)c(Br)c21. The number of ether oxygens (including phenoxy) is 1. The van der Waals surface area contributed by atoms with Crippen molar-refractivity contribution in [2.45, 2.75) is 0 Å². The molecule has 0 aliphatic carbocycles. The van der Waals surface area contributed by atoms with Crippen molar-refractivity contribution >= 4 is 65.4 Å². The van der Waals surface area contributed by atoms with Gasteiger partial charge in [-0.05, 0) is 47.8 Å². The van der Waals surface area contributed by atoms with Crippen LogP contribution in [0.2, 0.25) is 0 Å². The van der Waals surface area contributed by atoms with Crippen LogP contribution in [-0.2, 0) is 4.74 Å². The Morgan fingerprint density at radius 3 is 1.88 bits per heavy atom. The first-order valence-corrected chi connectivity index (χ1v) is 6.35. The number of hydrogen-bond acceptors (Lipinski definition) is 5. The molecular formula is C8Br3NO5. The summed E-state index contributed by atoms with van der Waals surface area (Å²) >= 11 is 8.96. The number of esters is 2. The molecule has 88 valence electrons. The molecule has 0 radical (unpaired) electrons. The topological polar surface area (TPSA) is 86.5 Å². The highest BCUT2D eigenvalue weighted by Crippen LogP contribution is 2.45. The van der Waals surface area contributed by atoms with Gasteiger partial charge in [0.15, 0.2) is 0 Å². The van der Waals surface area contributed by atoms with Gasteiger partial charge >= 0.3 is 11.9 Å². The summed E-state index contributed by atoms with van der Waals surface area (Å²) in [5.41, 5.74) is -0.515. The fraction of sp³-hybridized carbons (Fsp3) is 0. The third-order valence-electron chi connectivity index (χ3n) is 2.07. The van der Waals surface area contributed by atoms with E-state index in [1.165, 1.54) is 0 Å². The monoisotopic (exact) mass is 427 g/mol. The molecule has 0 saturated carbocycles.